The molecule has 3 N–H and O–H groups in total. The first kappa shape index (κ1) is 21.9. The van der Waals surface area contributed by atoms with Gasteiger partial charge in [0, 0.05) is 5.92 Å². The third-order valence-corrected chi connectivity index (χ3v) is 6.26. The van der Waals surface area contributed by atoms with Crippen molar-refractivity contribution in [2.24, 2.45) is 5.41 Å². The molecule has 0 aromatic heterocycles. The van der Waals surface area contributed by atoms with Crippen molar-refractivity contribution in [3.05, 3.63) is 59.7 Å². The molecule has 7 nitrogen and oxygen atoms in total. The summed E-state index contributed by atoms with van der Waals surface area (Å²) < 4.78 is 5.56. The number of ether oxygens (including phenoxy) is 1. The third kappa shape index (κ3) is 4.07. The number of benzene rings is 2. The Hall–Kier alpha value is -3.35. The molecule has 32 heavy (non-hydrogen) atoms. The van der Waals surface area contributed by atoms with Gasteiger partial charge in [-0.25, -0.2) is 9.59 Å². The van der Waals surface area contributed by atoms with Gasteiger partial charge >= 0.3 is 12.1 Å². The van der Waals surface area contributed by atoms with Crippen LogP contribution in [0.5, 0.6) is 0 Å². The van der Waals surface area contributed by atoms with Crippen molar-refractivity contribution in [3.8, 4) is 11.1 Å². The zero-order valence-corrected chi connectivity index (χ0v) is 18.5. The molecule has 0 heterocycles. The Bertz CT molecular complexity index is 1020. The van der Waals surface area contributed by atoms with Crippen molar-refractivity contribution >= 4 is 18.0 Å². The zero-order chi connectivity index (χ0) is 23.1. The molecule has 0 unspecified atom stereocenters. The molecule has 1 saturated carbocycles. The summed E-state index contributed by atoms with van der Waals surface area (Å²) in [6, 6.07) is 15.2. The summed E-state index contributed by atoms with van der Waals surface area (Å²) >= 11 is 0. The SMILES string of the molecule is CC(C)(C)[C@H](NC(=O)OCC1c2ccccc2-c2ccccc21)C(=O)NC1(C(=O)O)CC1. The van der Waals surface area contributed by atoms with Crippen LogP contribution >= 0.6 is 0 Å². The Morgan fingerprint density at radius 1 is 1.03 bits per heavy atom. The number of hydrogen-bond donors (Lipinski definition) is 3. The highest BCUT2D eigenvalue weighted by Gasteiger charge is 2.53. The molecule has 0 radical (unpaired) electrons. The maximum absolute atomic E-state index is 12.8. The number of aliphatic carboxylic acids is 1. The van der Waals surface area contributed by atoms with Crippen molar-refractivity contribution in [2.45, 2.75) is 51.1 Å². The lowest BCUT2D eigenvalue weighted by atomic mass is 9.86. The minimum Gasteiger partial charge on any atom is -0.480 e. The van der Waals surface area contributed by atoms with Gasteiger partial charge < -0.3 is 20.5 Å². The number of nitrogens with one attached hydrogen (secondary N) is 2. The van der Waals surface area contributed by atoms with E-state index in [2.05, 4.69) is 22.8 Å². The fourth-order valence-corrected chi connectivity index (χ4v) is 4.26. The molecule has 2 aliphatic rings. The van der Waals surface area contributed by atoms with Gasteiger partial charge in [-0.1, -0.05) is 69.3 Å². The molecule has 0 spiro atoms. The number of hydrogen-bond acceptors (Lipinski definition) is 4. The highest BCUT2D eigenvalue weighted by Crippen LogP contribution is 2.44. The van der Waals surface area contributed by atoms with Crippen molar-refractivity contribution < 1.29 is 24.2 Å². The lowest BCUT2D eigenvalue weighted by molar-refractivity contribution is -0.143. The number of amides is 2. The first-order valence-electron chi connectivity index (χ1n) is 10.8. The largest absolute Gasteiger partial charge is 0.480 e. The summed E-state index contributed by atoms with van der Waals surface area (Å²) in [4.78, 5) is 36.9. The quantitative estimate of drug-likeness (QED) is 0.641. The van der Waals surface area contributed by atoms with E-state index in [1.807, 2.05) is 36.4 Å². The maximum atomic E-state index is 12.8. The van der Waals surface area contributed by atoms with Crippen molar-refractivity contribution in [1.29, 1.82) is 0 Å². The van der Waals surface area contributed by atoms with Crippen molar-refractivity contribution in [2.75, 3.05) is 6.61 Å². The van der Waals surface area contributed by atoms with Gasteiger partial charge in [-0.2, -0.15) is 0 Å². The predicted molar refractivity (Wildman–Crippen MR) is 119 cm³/mol. The second-order valence-corrected chi connectivity index (χ2v) is 9.65. The van der Waals surface area contributed by atoms with Crippen molar-refractivity contribution in [3.63, 3.8) is 0 Å². The highest BCUT2D eigenvalue weighted by molar-refractivity contribution is 5.93. The summed E-state index contributed by atoms with van der Waals surface area (Å²) in [6.07, 6.45) is 0.0632. The van der Waals surface area contributed by atoms with Crippen LogP contribution in [0.3, 0.4) is 0 Å². The monoisotopic (exact) mass is 436 g/mol. The molecule has 2 aromatic carbocycles. The molecular weight excluding hydrogens is 408 g/mol. The van der Waals surface area contributed by atoms with Crippen molar-refractivity contribution in [1.82, 2.24) is 10.6 Å². The van der Waals surface area contributed by atoms with Gasteiger partial charge in [0.2, 0.25) is 5.91 Å². The first-order valence-corrected chi connectivity index (χ1v) is 10.8. The van der Waals surface area contributed by atoms with Gasteiger partial charge in [-0.05, 0) is 40.5 Å². The normalized spacial score (nSPS) is 17.0. The van der Waals surface area contributed by atoms with Gasteiger partial charge in [0.05, 0.1) is 0 Å². The van der Waals surface area contributed by atoms with E-state index in [-0.39, 0.29) is 12.5 Å². The number of rotatable bonds is 6. The number of carbonyl (C=O) groups is 3. The molecule has 0 saturated heterocycles. The number of carboxylic acids is 1. The van der Waals surface area contributed by atoms with E-state index in [1.165, 1.54) is 0 Å². The summed E-state index contributed by atoms with van der Waals surface area (Å²) in [5, 5.41) is 14.6. The topological polar surface area (TPSA) is 105 Å². The Morgan fingerprint density at radius 3 is 2.03 bits per heavy atom. The van der Waals surface area contributed by atoms with E-state index in [1.54, 1.807) is 20.8 Å². The molecule has 2 aliphatic carbocycles. The molecule has 7 heteroatoms. The molecule has 0 aliphatic heterocycles. The average molecular weight is 437 g/mol. The Labute approximate surface area is 187 Å². The number of carbonyl (C=O) groups excluding carboxylic acids is 2. The number of fused-ring (bicyclic) bond motifs is 3. The average Bonchev–Trinajstić information content (AvgIpc) is 3.46. The van der Waals surface area contributed by atoms with Gasteiger partial charge in [0.25, 0.3) is 0 Å². The minimum absolute atomic E-state index is 0.0863. The fraction of sp³-hybridized carbons (Fsp3) is 0.400. The van der Waals surface area contributed by atoms with E-state index < -0.39 is 35.0 Å². The molecule has 4 rings (SSSR count). The van der Waals surface area contributed by atoms with Crippen LogP contribution in [-0.2, 0) is 14.3 Å². The van der Waals surface area contributed by atoms with Gasteiger partial charge in [-0.15, -0.1) is 0 Å². The van der Waals surface area contributed by atoms with Crippen LogP contribution in [0.15, 0.2) is 48.5 Å². The van der Waals surface area contributed by atoms with Gasteiger partial charge in [0.1, 0.15) is 18.2 Å². The zero-order valence-electron chi connectivity index (χ0n) is 18.5. The van der Waals surface area contributed by atoms with E-state index in [9.17, 15) is 19.5 Å². The van der Waals surface area contributed by atoms with Gasteiger partial charge in [-0.3, -0.25) is 4.79 Å². The lowest BCUT2D eigenvalue weighted by Crippen LogP contribution is -2.57. The second kappa shape index (κ2) is 7.97. The lowest BCUT2D eigenvalue weighted by Gasteiger charge is -2.31. The van der Waals surface area contributed by atoms with Crippen LogP contribution in [0, 0.1) is 5.41 Å². The Morgan fingerprint density at radius 2 is 1.56 bits per heavy atom. The van der Waals surface area contributed by atoms with Crippen LogP contribution in [0.2, 0.25) is 0 Å². The van der Waals surface area contributed by atoms with Crippen LogP contribution in [0.4, 0.5) is 4.79 Å². The first-order chi connectivity index (χ1) is 15.1. The predicted octanol–water partition coefficient (Wildman–Crippen LogP) is 3.67. The second-order valence-electron chi connectivity index (χ2n) is 9.65. The van der Waals surface area contributed by atoms with E-state index in [0.717, 1.165) is 22.3 Å². The molecule has 1 atom stereocenters. The van der Waals surface area contributed by atoms with Crippen LogP contribution in [-0.4, -0.2) is 41.3 Å². The van der Waals surface area contributed by atoms with Gasteiger partial charge in [0.15, 0.2) is 0 Å². The van der Waals surface area contributed by atoms with E-state index in [4.69, 9.17) is 4.74 Å². The molecule has 168 valence electrons. The smallest absolute Gasteiger partial charge is 0.407 e. The highest BCUT2D eigenvalue weighted by atomic mass is 16.5. The summed E-state index contributed by atoms with van der Waals surface area (Å²) in [5.41, 5.74) is 2.61. The standard InChI is InChI=1S/C25H28N2O5/c1-24(2,3)20(21(28)27-25(12-13-25)22(29)30)26-23(31)32-14-19-17-10-6-4-8-15(17)16-9-5-7-11-18(16)19/h4-11,19-20H,12-14H2,1-3H3,(H,26,31)(H,27,28)(H,29,30)/t20-/m1/s1. The Kier molecular flexibility index (Phi) is 5.44. The molecule has 0 bridgehead atoms. The Balaban J connectivity index is 1.44. The number of alkyl carbamates (subject to hydrolysis) is 1. The summed E-state index contributed by atoms with van der Waals surface area (Å²) in [7, 11) is 0. The molecule has 2 aromatic rings. The summed E-state index contributed by atoms with van der Waals surface area (Å²) in [5.74, 6) is -1.66. The summed E-state index contributed by atoms with van der Waals surface area (Å²) in [6.45, 7) is 5.56. The molecular formula is C25H28N2O5. The van der Waals surface area contributed by atoms with Crippen LogP contribution < -0.4 is 10.6 Å². The van der Waals surface area contributed by atoms with E-state index in [0.29, 0.717) is 12.8 Å². The third-order valence-electron chi connectivity index (χ3n) is 6.26. The number of carboxylic acid groups (broad SMARTS) is 1. The fourth-order valence-electron chi connectivity index (χ4n) is 4.26. The molecule has 1 fully saturated rings. The minimum atomic E-state index is -1.22. The molecule has 2 amide bonds. The van der Waals surface area contributed by atoms with Crippen LogP contribution in [0.1, 0.15) is 50.7 Å². The van der Waals surface area contributed by atoms with E-state index >= 15 is 0 Å². The maximum Gasteiger partial charge on any atom is 0.407 e. The van der Waals surface area contributed by atoms with Crippen LogP contribution in [0.25, 0.3) is 11.1 Å².